The second-order valence-electron chi connectivity index (χ2n) is 14.5. The lowest BCUT2D eigenvalue weighted by Crippen LogP contribution is -2.26. The molecule has 2 heterocycles. The van der Waals surface area contributed by atoms with Crippen LogP contribution in [-0.4, -0.2) is 4.57 Å². The summed E-state index contributed by atoms with van der Waals surface area (Å²) in [5, 5.41) is 4.92. The zero-order chi connectivity index (χ0) is 35.4. The normalized spacial score (nSPS) is 13.3. The SMILES string of the molecule is c1ccc(-n2c3ccccc3c3sc(N(c4ccc5c(c4)C4(c6ccccc6-c6ccccc64)c4ccccc4-5)c4ccc5ccccc5c4)cc32)cc1. The third-order valence-electron chi connectivity index (χ3n) is 11.8. The fourth-order valence-electron chi connectivity index (χ4n) is 9.62. The molecule has 10 aromatic rings. The molecule has 0 radical (unpaired) electrons. The molecule has 0 amide bonds. The highest BCUT2D eigenvalue weighted by molar-refractivity contribution is 7.24. The molecule has 2 aromatic heterocycles. The van der Waals surface area contributed by atoms with Gasteiger partial charge in [0.2, 0.25) is 0 Å². The molecule has 3 heteroatoms. The smallest absolute Gasteiger partial charge is 0.103 e. The van der Waals surface area contributed by atoms with Crippen molar-refractivity contribution in [3.05, 3.63) is 216 Å². The first-order valence-electron chi connectivity index (χ1n) is 18.6. The van der Waals surface area contributed by atoms with Crippen LogP contribution in [0, 0.1) is 0 Å². The second-order valence-corrected chi connectivity index (χ2v) is 15.5. The standard InChI is InChI=1S/C51H32N2S/c1-2-16-35(17-3-1)53-47-25-13-9-21-42(47)50-48(53)32-49(54-50)52(36-27-26-33-14-4-5-15-34(33)30-36)37-28-29-41-40-20-8-12-24-45(40)51(46(41)31-37)43-22-10-6-18-38(43)39-19-7-11-23-44(39)51/h1-32H. The highest BCUT2D eigenvalue weighted by Crippen LogP contribution is 2.63. The fraction of sp³-hybridized carbons (Fsp3) is 0.0196. The Morgan fingerprint density at radius 2 is 0.963 bits per heavy atom. The lowest BCUT2D eigenvalue weighted by Gasteiger charge is -2.32. The minimum atomic E-state index is -0.412. The van der Waals surface area contributed by atoms with Gasteiger partial charge in [0.05, 0.1) is 21.1 Å². The molecule has 0 saturated carbocycles. The number of aromatic nitrogens is 1. The molecule has 2 aliphatic carbocycles. The largest absolute Gasteiger partial charge is 0.308 e. The van der Waals surface area contributed by atoms with Crippen molar-refractivity contribution in [1.82, 2.24) is 4.57 Å². The van der Waals surface area contributed by atoms with Gasteiger partial charge in [-0.1, -0.05) is 146 Å². The Labute approximate surface area is 317 Å². The minimum Gasteiger partial charge on any atom is -0.308 e. The highest BCUT2D eigenvalue weighted by Gasteiger charge is 2.51. The van der Waals surface area contributed by atoms with Crippen LogP contribution in [0.3, 0.4) is 0 Å². The van der Waals surface area contributed by atoms with Crippen molar-refractivity contribution in [2.75, 3.05) is 4.90 Å². The summed E-state index contributed by atoms with van der Waals surface area (Å²) in [7, 11) is 0. The molecule has 0 fully saturated rings. The number of benzene rings is 8. The average Bonchev–Trinajstić information content (AvgIpc) is 3.96. The van der Waals surface area contributed by atoms with E-state index in [1.807, 2.05) is 11.3 Å². The van der Waals surface area contributed by atoms with Gasteiger partial charge >= 0.3 is 0 Å². The van der Waals surface area contributed by atoms with Crippen molar-refractivity contribution in [2.45, 2.75) is 5.41 Å². The monoisotopic (exact) mass is 704 g/mol. The van der Waals surface area contributed by atoms with Crippen molar-refractivity contribution >= 4 is 59.6 Å². The third kappa shape index (κ3) is 3.94. The molecule has 2 nitrogen and oxygen atoms in total. The van der Waals surface area contributed by atoms with Crippen molar-refractivity contribution in [3.63, 3.8) is 0 Å². The average molecular weight is 705 g/mol. The van der Waals surface area contributed by atoms with Gasteiger partial charge in [0.1, 0.15) is 5.00 Å². The summed E-state index contributed by atoms with van der Waals surface area (Å²) in [5.41, 5.74) is 16.2. The van der Waals surface area contributed by atoms with Crippen LogP contribution in [0.15, 0.2) is 194 Å². The van der Waals surface area contributed by atoms with Crippen LogP contribution in [0.2, 0.25) is 0 Å². The minimum absolute atomic E-state index is 0.412. The van der Waals surface area contributed by atoms with Crippen LogP contribution in [0.1, 0.15) is 22.3 Å². The quantitative estimate of drug-likeness (QED) is 0.177. The first-order valence-corrected chi connectivity index (χ1v) is 19.4. The van der Waals surface area contributed by atoms with E-state index < -0.39 is 5.41 Å². The summed E-state index contributed by atoms with van der Waals surface area (Å²) < 4.78 is 3.71. The van der Waals surface area contributed by atoms with Crippen LogP contribution in [-0.2, 0) is 5.41 Å². The van der Waals surface area contributed by atoms with Gasteiger partial charge in [-0.25, -0.2) is 0 Å². The van der Waals surface area contributed by atoms with Crippen molar-refractivity contribution in [1.29, 1.82) is 0 Å². The Bertz CT molecular complexity index is 3070. The molecule has 0 saturated heterocycles. The van der Waals surface area contributed by atoms with E-state index in [1.165, 1.54) is 87.1 Å². The lowest BCUT2D eigenvalue weighted by molar-refractivity contribution is 0.793. The van der Waals surface area contributed by atoms with E-state index in [9.17, 15) is 0 Å². The molecule has 12 rings (SSSR count). The van der Waals surface area contributed by atoms with Crippen LogP contribution in [0.4, 0.5) is 16.4 Å². The topological polar surface area (TPSA) is 8.17 Å². The molecule has 0 N–H and O–H groups in total. The molecular weight excluding hydrogens is 673 g/mol. The van der Waals surface area contributed by atoms with Gasteiger partial charge in [-0.2, -0.15) is 0 Å². The Balaban J connectivity index is 1.15. The number of fused-ring (bicyclic) bond motifs is 14. The molecule has 2 aliphatic rings. The maximum atomic E-state index is 2.50. The van der Waals surface area contributed by atoms with E-state index in [-0.39, 0.29) is 0 Å². The number of nitrogens with zero attached hydrogens (tertiary/aromatic N) is 2. The summed E-state index contributed by atoms with van der Waals surface area (Å²) in [6, 6.07) is 71.9. The zero-order valence-corrected chi connectivity index (χ0v) is 30.1. The van der Waals surface area contributed by atoms with Gasteiger partial charge in [0.25, 0.3) is 0 Å². The fourth-order valence-corrected chi connectivity index (χ4v) is 10.8. The summed E-state index contributed by atoms with van der Waals surface area (Å²) in [6.07, 6.45) is 0. The molecule has 0 unspecified atom stereocenters. The lowest BCUT2D eigenvalue weighted by atomic mass is 9.70. The van der Waals surface area contributed by atoms with Gasteiger partial charge in [0.15, 0.2) is 0 Å². The first kappa shape index (κ1) is 29.9. The number of para-hydroxylation sites is 2. The van der Waals surface area contributed by atoms with E-state index >= 15 is 0 Å². The summed E-state index contributed by atoms with van der Waals surface area (Å²) >= 11 is 1.87. The molecule has 252 valence electrons. The van der Waals surface area contributed by atoms with Crippen molar-refractivity contribution in [2.24, 2.45) is 0 Å². The summed E-state index contributed by atoms with van der Waals surface area (Å²) in [4.78, 5) is 2.49. The van der Waals surface area contributed by atoms with Crippen molar-refractivity contribution < 1.29 is 0 Å². The van der Waals surface area contributed by atoms with Gasteiger partial charge in [-0.15, -0.1) is 11.3 Å². The molecule has 0 atom stereocenters. The summed E-state index contributed by atoms with van der Waals surface area (Å²) in [6.45, 7) is 0. The van der Waals surface area contributed by atoms with E-state index in [2.05, 4.69) is 204 Å². The van der Waals surface area contributed by atoms with Gasteiger partial charge in [-0.3, -0.25) is 0 Å². The van der Waals surface area contributed by atoms with Crippen LogP contribution >= 0.6 is 11.3 Å². The third-order valence-corrected chi connectivity index (χ3v) is 12.9. The first-order chi connectivity index (χ1) is 26.8. The Morgan fingerprint density at radius 3 is 1.69 bits per heavy atom. The maximum absolute atomic E-state index is 2.50. The summed E-state index contributed by atoms with van der Waals surface area (Å²) in [5.74, 6) is 0. The predicted molar refractivity (Wildman–Crippen MR) is 227 cm³/mol. The van der Waals surface area contributed by atoms with E-state index in [1.54, 1.807) is 0 Å². The molecule has 1 spiro atoms. The number of rotatable bonds is 4. The van der Waals surface area contributed by atoms with E-state index in [0.29, 0.717) is 0 Å². The number of hydrogen-bond acceptors (Lipinski definition) is 2. The predicted octanol–water partition coefficient (Wildman–Crippen LogP) is 13.8. The van der Waals surface area contributed by atoms with Crippen molar-refractivity contribution in [3.8, 4) is 27.9 Å². The zero-order valence-electron chi connectivity index (χ0n) is 29.3. The molecule has 0 aliphatic heterocycles. The van der Waals surface area contributed by atoms with Crippen LogP contribution < -0.4 is 4.90 Å². The molecule has 54 heavy (non-hydrogen) atoms. The number of hydrogen-bond donors (Lipinski definition) is 0. The van der Waals surface area contributed by atoms with E-state index in [0.717, 1.165) is 11.4 Å². The number of thiophene rings is 1. The molecule has 8 aromatic carbocycles. The molecular formula is C51H32N2S. The Morgan fingerprint density at radius 1 is 0.407 bits per heavy atom. The highest BCUT2D eigenvalue weighted by atomic mass is 32.1. The van der Waals surface area contributed by atoms with E-state index in [4.69, 9.17) is 0 Å². The number of anilines is 3. The van der Waals surface area contributed by atoms with Gasteiger partial charge in [0, 0.05) is 22.4 Å². The van der Waals surface area contributed by atoms with Crippen LogP contribution in [0.5, 0.6) is 0 Å². The Kier molecular flexibility index (Phi) is 6.17. The van der Waals surface area contributed by atoms with Crippen LogP contribution in [0.25, 0.3) is 59.8 Å². The Hall–Kier alpha value is -6.68. The molecule has 0 bridgehead atoms. The maximum Gasteiger partial charge on any atom is 0.103 e. The van der Waals surface area contributed by atoms with Gasteiger partial charge < -0.3 is 9.47 Å². The second kappa shape index (κ2) is 11.2. The van der Waals surface area contributed by atoms with Gasteiger partial charge in [-0.05, 0) is 104 Å².